The number of fused-ring (bicyclic) bond motifs is 1. The molecule has 4 aromatic rings. The van der Waals surface area contributed by atoms with Crippen LogP contribution in [-0.4, -0.2) is 45.4 Å². The van der Waals surface area contributed by atoms with Crippen LogP contribution >= 0.6 is 0 Å². The zero-order chi connectivity index (χ0) is 31.1. The molecule has 9 nitrogen and oxygen atoms in total. The monoisotopic (exact) mass is 587 g/mol. The van der Waals surface area contributed by atoms with E-state index in [0.717, 1.165) is 16.7 Å². The second-order valence-electron chi connectivity index (χ2n) is 10.9. The lowest BCUT2D eigenvalue weighted by Gasteiger charge is -2.21. The van der Waals surface area contributed by atoms with Gasteiger partial charge >= 0.3 is 0 Å². The van der Waals surface area contributed by atoms with Crippen molar-refractivity contribution in [2.24, 2.45) is 0 Å². The van der Waals surface area contributed by atoms with Gasteiger partial charge in [-0.2, -0.15) is 0 Å². The van der Waals surface area contributed by atoms with E-state index in [-0.39, 0.29) is 18.2 Å². The Morgan fingerprint density at radius 3 is 2.34 bits per heavy atom. The molecule has 0 saturated heterocycles. The first-order valence-electron chi connectivity index (χ1n) is 14.4. The molecule has 3 N–H and O–H groups in total. The van der Waals surface area contributed by atoms with Gasteiger partial charge in [0.05, 0.1) is 17.2 Å². The number of allylic oxidation sites excluding steroid dienone is 4. The number of benzene rings is 3. The number of amides is 2. The summed E-state index contributed by atoms with van der Waals surface area (Å²) in [6.07, 6.45) is 6.32. The smallest absolute Gasteiger partial charge is 0.272 e. The molecule has 0 spiro atoms. The summed E-state index contributed by atoms with van der Waals surface area (Å²) in [5.74, 6) is -2.00. The number of carbonyl (C=O) groups is 4. The van der Waals surface area contributed by atoms with Crippen molar-refractivity contribution >= 4 is 40.1 Å². The second kappa shape index (κ2) is 13.8. The van der Waals surface area contributed by atoms with E-state index in [4.69, 9.17) is 0 Å². The number of ketones is 2. The summed E-state index contributed by atoms with van der Waals surface area (Å²) in [5.41, 5.74) is 5.23. The average Bonchev–Trinajstić information content (AvgIpc) is 3.02. The van der Waals surface area contributed by atoms with Gasteiger partial charge in [-0.15, -0.1) is 0 Å². The molecule has 0 fully saturated rings. The highest BCUT2D eigenvalue weighted by Crippen LogP contribution is 2.22. The van der Waals surface area contributed by atoms with Crippen molar-refractivity contribution in [3.05, 3.63) is 125 Å². The molecular weight excluding hydrogens is 554 g/mol. The molecule has 1 aliphatic carbocycles. The van der Waals surface area contributed by atoms with Crippen molar-refractivity contribution in [1.82, 2.24) is 20.6 Å². The molecule has 1 aliphatic rings. The summed E-state index contributed by atoms with van der Waals surface area (Å²) in [5, 5.41) is 9.30. The van der Waals surface area contributed by atoms with Crippen molar-refractivity contribution in [2.45, 2.75) is 45.3 Å². The zero-order valence-corrected chi connectivity index (χ0v) is 24.5. The Labute approximate surface area is 255 Å². The Morgan fingerprint density at radius 1 is 0.841 bits per heavy atom. The van der Waals surface area contributed by atoms with Crippen LogP contribution in [0, 0.1) is 0 Å². The molecule has 9 heteroatoms. The van der Waals surface area contributed by atoms with Crippen molar-refractivity contribution in [1.29, 1.82) is 0 Å². The average molecular weight is 588 g/mol. The van der Waals surface area contributed by atoms with Crippen LogP contribution in [0.2, 0.25) is 0 Å². The molecule has 1 atom stereocenters. The molecule has 1 aromatic heterocycles. The van der Waals surface area contributed by atoms with Crippen LogP contribution in [0.25, 0.3) is 11.0 Å². The summed E-state index contributed by atoms with van der Waals surface area (Å²) in [4.78, 5) is 59.5. The lowest BCUT2D eigenvalue weighted by Crippen LogP contribution is -2.45. The molecule has 3 aromatic carbocycles. The largest absolute Gasteiger partial charge is 0.338 e. The predicted octanol–water partition coefficient (Wildman–Crippen LogP) is 4.28. The first-order valence-corrected chi connectivity index (χ1v) is 14.4. The number of anilines is 1. The van der Waals surface area contributed by atoms with Crippen LogP contribution in [0.3, 0.4) is 0 Å². The van der Waals surface area contributed by atoms with E-state index in [0.29, 0.717) is 35.3 Å². The molecule has 44 heavy (non-hydrogen) atoms. The fourth-order valence-electron chi connectivity index (χ4n) is 4.79. The summed E-state index contributed by atoms with van der Waals surface area (Å²) >= 11 is 0. The number of rotatable bonds is 11. The number of aromatic nitrogens is 2. The maximum atomic E-state index is 13.9. The Bertz CT molecular complexity index is 1780. The van der Waals surface area contributed by atoms with E-state index in [2.05, 4.69) is 25.9 Å². The van der Waals surface area contributed by atoms with E-state index in [1.54, 1.807) is 12.1 Å². The van der Waals surface area contributed by atoms with Gasteiger partial charge in [0, 0.05) is 24.7 Å². The molecule has 0 saturated carbocycles. The molecule has 222 valence electrons. The summed E-state index contributed by atoms with van der Waals surface area (Å²) in [7, 11) is 0. The number of para-hydroxylation sites is 2. The van der Waals surface area contributed by atoms with E-state index in [9.17, 15) is 19.2 Å². The highest BCUT2D eigenvalue weighted by molar-refractivity contribution is 6.46. The standard InChI is InChI=1S/C35H33N5O4/c1-22(2)36-20-26-14-12-24(16-25-13-15-32(41)33(42)19-25)18-29(26)39-34(43)30(17-23-8-4-3-5-9-23)40-35(44)31-21-37-27-10-6-7-11-28(27)38-31/h3-15,18-19,21-22,30,36H,16-17,20H2,1-2H3,(H,39,43)(H,40,44)/t30-/m0/s1. The number of nitrogens with zero attached hydrogens (tertiary/aromatic N) is 2. The Kier molecular flexibility index (Phi) is 9.46. The molecule has 0 unspecified atom stereocenters. The number of carbonyl (C=O) groups excluding carboxylic acids is 4. The topological polar surface area (TPSA) is 130 Å². The van der Waals surface area contributed by atoms with Crippen molar-refractivity contribution in [3.63, 3.8) is 0 Å². The first kappa shape index (κ1) is 30.2. The highest BCUT2D eigenvalue weighted by atomic mass is 16.2. The molecule has 1 heterocycles. The van der Waals surface area contributed by atoms with Crippen molar-refractivity contribution in [3.8, 4) is 0 Å². The Balaban J connectivity index is 1.41. The minimum atomic E-state index is -0.916. The van der Waals surface area contributed by atoms with Gasteiger partial charge in [0.15, 0.2) is 0 Å². The van der Waals surface area contributed by atoms with Gasteiger partial charge in [-0.25, -0.2) is 4.98 Å². The van der Waals surface area contributed by atoms with Gasteiger partial charge in [-0.3, -0.25) is 24.2 Å². The molecule has 0 radical (unpaired) electrons. The van der Waals surface area contributed by atoms with Crippen LogP contribution in [0.4, 0.5) is 5.69 Å². The van der Waals surface area contributed by atoms with Gasteiger partial charge in [0.2, 0.25) is 17.5 Å². The van der Waals surface area contributed by atoms with Crippen molar-refractivity contribution < 1.29 is 19.2 Å². The third-order valence-electron chi connectivity index (χ3n) is 7.13. The van der Waals surface area contributed by atoms with Gasteiger partial charge < -0.3 is 16.0 Å². The van der Waals surface area contributed by atoms with Crippen molar-refractivity contribution in [2.75, 3.05) is 5.32 Å². The predicted molar refractivity (Wildman–Crippen MR) is 169 cm³/mol. The minimum absolute atomic E-state index is 0.111. The maximum Gasteiger partial charge on any atom is 0.272 e. The highest BCUT2D eigenvalue weighted by Gasteiger charge is 2.24. The molecule has 2 amide bonds. The number of nitrogens with one attached hydrogen (secondary N) is 3. The van der Waals surface area contributed by atoms with Crippen LogP contribution < -0.4 is 16.0 Å². The SMILES string of the molecule is CC(C)NCc1ccc(CC2=CC(=O)C(=O)C=C2)cc1NC(=O)[C@H](Cc1ccccc1)NC(=O)c1cnc2ccccc2n1. The summed E-state index contributed by atoms with van der Waals surface area (Å²) in [6, 6.07) is 21.7. The fourth-order valence-corrected chi connectivity index (χ4v) is 4.79. The van der Waals surface area contributed by atoms with Gasteiger partial charge in [-0.05, 0) is 59.0 Å². The quantitative estimate of drug-likeness (QED) is 0.176. The fraction of sp³-hybridized carbons (Fsp3) is 0.200. The second-order valence-corrected chi connectivity index (χ2v) is 10.9. The van der Waals surface area contributed by atoms with Gasteiger partial charge in [-0.1, -0.05) is 74.5 Å². The van der Waals surface area contributed by atoms with E-state index in [1.807, 2.05) is 80.6 Å². The Hall–Kier alpha value is -5.28. The lowest BCUT2D eigenvalue weighted by atomic mass is 9.97. The molecule has 0 aliphatic heterocycles. The third kappa shape index (κ3) is 7.76. The number of hydrogen-bond donors (Lipinski definition) is 3. The lowest BCUT2D eigenvalue weighted by molar-refractivity contribution is -0.131. The number of hydrogen-bond acceptors (Lipinski definition) is 7. The maximum absolute atomic E-state index is 13.9. The Morgan fingerprint density at radius 2 is 1.59 bits per heavy atom. The first-order chi connectivity index (χ1) is 21.2. The van der Waals surface area contributed by atoms with Crippen LogP contribution in [0.15, 0.2) is 103 Å². The van der Waals surface area contributed by atoms with E-state index >= 15 is 0 Å². The molecular formula is C35H33N5O4. The molecule has 0 bridgehead atoms. The van der Waals surface area contributed by atoms with E-state index < -0.39 is 29.4 Å². The normalized spacial score (nSPS) is 13.6. The summed E-state index contributed by atoms with van der Waals surface area (Å²) < 4.78 is 0. The molecule has 5 rings (SSSR count). The van der Waals surface area contributed by atoms with Crippen LogP contribution in [-0.2, 0) is 33.8 Å². The van der Waals surface area contributed by atoms with Gasteiger partial charge in [0.25, 0.3) is 5.91 Å². The summed E-state index contributed by atoms with van der Waals surface area (Å²) in [6.45, 7) is 4.58. The van der Waals surface area contributed by atoms with Crippen LogP contribution in [0.5, 0.6) is 0 Å². The van der Waals surface area contributed by atoms with Crippen LogP contribution in [0.1, 0.15) is 41.0 Å². The zero-order valence-electron chi connectivity index (χ0n) is 24.5. The third-order valence-corrected chi connectivity index (χ3v) is 7.13. The van der Waals surface area contributed by atoms with Gasteiger partial charge in [0.1, 0.15) is 11.7 Å². The van der Waals surface area contributed by atoms with E-state index in [1.165, 1.54) is 18.3 Å². The minimum Gasteiger partial charge on any atom is -0.338 e.